The standard InChI is InChI=1S/C15H21N3O4S/c1-23(20,21)18-8-12-9-22-11-15(12,10-18)6-14(19)17-7-13-4-2-3-5-16-13/h2-5,12H,6-11H2,1H3,(H,17,19)/t12-,15+/m1/s1. The molecule has 8 heteroatoms. The van der Waals surface area contributed by atoms with Crippen LogP contribution in [0, 0.1) is 11.3 Å². The van der Waals surface area contributed by atoms with Crippen molar-refractivity contribution in [2.45, 2.75) is 13.0 Å². The molecule has 0 saturated carbocycles. The Morgan fingerprint density at radius 3 is 3.04 bits per heavy atom. The van der Waals surface area contributed by atoms with E-state index in [-0.39, 0.29) is 18.2 Å². The monoisotopic (exact) mass is 339 g/mol. The van der Waals surface area contributed by atoms with Crippen molar-refractivity contribution in [1.29, 1.82) is 0 Å². The third-order valence-electron chi connectivity index (χ3n) is 4.66. The van der Waals surface area contributed by atoms with E-state index in [9.17, 15) is 13.2 Å². The van der Waals surface area contributed by atoms with Gasteiger partial charge in [-0.2, -0.15) is 0 Å². The first-order chi connectivity index (χ1) is 10.9. The molecule has 0 aliphatic carbocycles. The summed E-state index contributed by atoms with van der Waals surface area (Å²) >= 11 is 0. The summed E-state index contributed by atoms with van der Waals surface area (Å²) < 4.78 is 30.5. The van der Waals surface area contributed by atoms with Crippen LogP contribution in [-0.2, 0) is 26.1 Å². The maximum absolute atomic E-state index is 12.3. The van der Waals surface area contributed by atoms with Gasteiger partial charge < -0.3 is 10.1 Å². The summed E-state index contributed by atoms with van der Waals surface area (Å²) in [6, 6.07) is 5.54. The second-order valence-corrected chi connectivity index (χ2v) is 8.39. The van der Waals surface area contributed by atoms with Crippen LogP contribution in [0.1, 0.15) is 12.1 Å². The Morgan fingerprint density at radius 1 is 1.52 bits per heavy atom. The summed E-state index contributed by atoms with van der Waals surface area (Å²) in [5.74, 6) is -0.0145. The first kappa shape index (κ1) is 16.4. The number of aromatic nitrogens is 1. The predicted molar refractivity (Wildman–Crippen MR) is 83.9 cm³/mol. The zero-order valence-electron chi connectivity index (χ0n) is 13.1. The van der Waals surface area contributed by atoms with Crippen molar-refractivity contribution in [3.63, 3.8) is 0 Å². The Labute approximate surface area is 136 Å². The molecular weight excluding hydrogens is 318 g/mol. The van der Waals surface area contributed by atoms with Gasteiger partial charge in [0, 0.05) is 37.0 Å². The lowest BCUT2D eigenvalue weighted by atomic mass is 9.78. The molecule has 2 aliphatic heterocycles. The third kappa shape index (κ3) is 3.54. The molecule has 0 unspecified atom stereocenters. The van der Waals surface area contributed by atoms with E-state index in [4.69, 9.17) is 4.74 Å². The minimum absolute atomic E-state index is 0.0813. The van der Waals surface area contributed by atoms with E-state index >= 15 is 0 Å². The Morgan fingerprint density at radius 2 is 2.35 bits per heavy atom. The highest BCUT2D eigenvalue weighted by molar-refractivity contribution is 7.88. The van der Waals surface area contributed by atoms with Crippen LogP contribution < -0.4 is 5.32 Å². The number of nitrogens with one attached hydrogen (secondary N) is 1. The van der Waals surface area contributed by atoms with E-state index in [1.807, 2.05) is 18.2 Å². The number of carbonyl (C=O) groups is 1. The molecule has 7 nitrogen and oxygen atoms in total. The molecule has 0 spiro atoms. The molecule has 2 fully saturated rings. The minimum Gasteiger partial charge on any atom is -0.380 e. The number of hydrogen-bond acceptors (Lipinski definition) is 5. The van der Waals surface area contributed by atoms with Gasteiger partial charge in [0.15, 0.2) is 0 Å². The van der Waals surface area contributed by atoms with Crippen LogP contribution in [0.4, 0.5) is 0 Å². The zero-order valence-corrected chi connectivity index (χ0v) is 13.9. The fraction of sp³-hybridized carbons (Fsp3) is 0.600. The lowest BCUT2D eigenvalue weighted by Crippen LogP contribution is -2.38. The topological polar surface area (TPSA) is 88.6 Å². The van der Waals surface area contributed by atoms with Gasteiger partial charge in [-0.3, -0.25) is 9.78 Å². The van der Waals surface area contributed by atoms with Gasteiger partial charge in [0.05, 0.1) is 31.7 Å². The summed E-state index contributed by atoms with van der Waals surface area (Å²) in [7, 11) is -3.24. The normalized spacial score (nSPS) is 27.8. The molecule has 23 heavy (non-hydrogen) atoms. The van der Waals surface area contributed by atoms with Crippen LogP contribution in [0.2, 0.25) is 0 Å². The number of fused-ring (bicyclic) bond motifs is 1. The number of hydrogen-bond donors (Lipinski definition) is 1. The second kappa shape index (κ2) is 6.18. The highest BCUT2D eigenvalue weighted by atomic mass is 32.2. The fourth-order valence-electron chi connectivity index (χ4n) is 3.36. The number of sulfonamides is 1. The molecule has 0 radical (unpaired) electrons. The SMILES string of the molecule is CS(=O)(=O)N1C[C@@H]2COC[C@]2(CC(=O)NCc2ccccn2)C1. The first-order valence-electron chi connectivity index (χ1n) is 7.59. The molecule has 126 valence electrons. The maximum atomic E-state index is 12.3. The average molecular weight is 339 g/mol. The summed E-state index contributed by atoms with van der Waals surface area (Å²) in [4.78, 5) is 16.5. The van der Waals surface area contributed by atoms with Crippen molar-refractivity contribution >= 4 is 15.9 Å². The summed E-state index contributed by atoms with van der Waals surface area (Å²) in [5, 5.41) is 2.86. The van der Waals surface area contributed by atoms with Crippen LogP contribution in [0.5, 0.6) is 0 Å². The molecule has 3 heterocycles. The van der Waals surface area contributed by atoms with Gasteiger partial charge >= 0.3 is 0 Å². The largest absolute Gasteiger partial charge is 0.380 e. The van der Waals surface area contributed by atoms with E-state index in [2.05, 4.69) is 10.3 Å². The average Bonchev–Trinajstić information content (AvgIpc) is 3.02. The lowest BCUT2D eigenvalue weighted by Gasteiger charge is -2.26. The predicted octanol–water partition coefficient (Wildman–Crippen LogP) is -0.00410. The van der Waals surface area contributed by atoms with E-state index in [1.165, 1.54) is 10.6 Å². The Balaban J connectivity index is 1.62. The first-order valence-corrected chi connectivity index (χ1v) is 9.43. The van der Waals surface area contributed by atoms with Crippen LogP contribution in [-0.4, -0.2) is 56.2 Å². The van der Waals surface area contributed by atoms with Crippen LogP contribution >= 0.6 is 0 Å². The molecule has 1 aromatic heterocycles. The number of ether oxygens (including phenoxy) is 1. The summed E-state index contributed by atoms with van der Waals surface area (Å²) in [6.45, 7) is 2.11. The van der Waals surface area contributed by atoms with Gasteiger partial charge in [-0.05, 0) is 12.1 Å². The molecule has 2 atom stereocenters. The number of nitrogens with zero attached hydrogens (tertiary/aromatic N) is 2. The van der Waals surface area contributed by atoms with Crippen molar-refractivity contribution in [2.24, 2.45) is 11.3 Å². The van der Waals surface area contributed by atoms with Crippen molar-refractivity contribution in [1.82, 2.24) is 14.6 Å². The number of amides is 1. The molecule has 2 aliphatic rings. The van der Waals surface area contributed by atoms with Gasteiger partial charge in [-0.1, -0.05) is 6.07 Å². The molecular formula is C15H21N3O4S. The van der Waals surface area contributed by atoms with Crippen molar-refractivity contribution in [3.05, 3.63) is 30.1 Å². The summed E-state index contributed by atoms with van der Waals surface area (Å²) in [5.41, 5.74) is 0.388. The number of rotatable bonds is 5. The van der Waals surface area contributed by atoms with Gasteiger partial charge in [-0.25, -0.2) is 12.7 Å². The van der Waals surface area contributed by atoms with Gasteiger partial charge in [0.1, 0.15) is 0 Å². The van der Waals surface area contributed by atoms with Gasteiger partial charge in [0.2, 0.25) is 15.9 Å². The van der Waals surface area contributed by atoms with Crippen molar-refractivity contribution in [3.8, 4) is 0 Å². The van der Waals surface area contributed by atoms with E-state index in [0.717, 1.165) is 5.69 Å². The lowest BCUT2D eigenvalue weighted by molar-refractivity contribution is -0.123. The Kier molecular flexibility index (Phi) is 4.39. The summed E-state index contributed by atoms with van der Waals surface area (Å²) in [6.07, 6.45) is 3.17. The van der Waals surface area contributed by atoms with Crippen molar-refractivity contribution < 1.29 is 17.9 Å². The minimum atomic E-state index is -3.24. The highest BCUT2D eigenvalue weighted by Gasteiger charge is 2.53. The van der Waals surface area contributed by atoms with E-state index in [1.54, 1.807) is 6.20 Å². The molecule has 1 N–H and O–H groups in total. The van der Waals surface area contributed by atoms with E-state index in [0.29, 0.717) is 32.8 Å². The van der Waals surface area contributed by atoms with Crippen LogP contribution in [0.15, 0.2) is 24.4 Å². The zero-order chi connectivity index (χ0) is 16.5. The smallest absolute Gasteiger partial charge is 0.221 e. The van der Waals surface area contributed by atoms with Crippen LogP contribution in [0.3, 0.4) is 0 Å². The third-order valence-corrected chi connectivity index (χ3v) is 5.88. The molecule has 0 bridgehead atoms. The van der Waals surface area contributed by atoms with Crippen molar-refractivity contribution in [2.75, 3.05) is 32.6 Å². The molecule has 1 amide bonds. The van der Waals surface area contributed by atoms with E-state index < -0.39 is 15.4 Å². The fourth-order valence-corrected chi connectivity index (χ4v) is 4.30. The Bertz CT molecular complexity index is 679. The Hall–Kier alpha value is -1.51. The molecule has 0 aromatic carbocycles. The van der Waals surface area contributed by atoms with Gasteiger partial charge in [0.25, 0.3) is 0 Å². The molecule has 3 rings (SSSR count). The van der Waals surface area contributed by atoms with Gasteiger partial charge in [-0.15, -0.1) is 0 Å². The quantitative estimate of drug-likeness (QED) is 0.815. The second-order valence-electron chi connectivity index (χ2n) is 6.40. The maximum Gasteiger partial charge on any atom is 0.221 e. The highest BCUT2D eigenvalue weighted by Crippen LogP contribution is 2.44. The number of carbonyl (C=O) groups excluding carboxylic acids is 1. The molecule has 1 aromatic rings. The van der Waals surface area contributed by atoms with Crippen LogP contribution in [0.25, 0.3) is 0 Å². The number of pyridine rings is 1. The molecule has 2 saturated heterocycles.